The maximum absolute atomic E-state index is 12.0. The molecule has 0 aromatic heterocycles. The summed E-state index contributed by atoms with van der Waals surface area (Å²) in [6.45, 7) is 0.759. The van der Waals surface area contributed by atoms with Crippen LogP contribution in [0.1, 0.15) is 16.8 Å². The minimum absolute atomic E-state index is 0.0546. The van der Waals surface area contributed by atoms with Crippen molar-refractivity contribution in [1.82, 2.24) is 0 Å². The van der Waals surface area contributed by atoms with Gasteiger partial charge in [0.05, 0.1) is 6.61 Å². The molecule has 1 aromatic carbocycles. The van der Waals surface area contributed by atoms with Gasteiger partial charge in [-0.1, -0.05) is 12.1 Å². The molecule has 1 aromatic rings. The van der Waals surface area contributed by atoms with Crippen LogP contribution in [0.2, 0.25) is 0 Å². The molecule has 0 fully saturated rings. The molecule has 80 valence electrons. The molecule has 15 heavy (non-hydrogen) atoms. The van der Waals surface area contributed by atoms with Crippen molar-refractivity contribution in [2.24, 2.45) is 5.92 Å². The highest BCUT2D eigenvalue weighted by molar-refractivity contribution is 6.03. The standard InChI is InChI=1S/C12H15NO2/c1-13-7-6-9(8-14)12(15)10-4-2-3-5-11(10)13/h2-5,9,14H,6-8H2,1H3. The monoisotopic (exact) mass is 205 g/mol. The Balaban J connectivity index is 2.46. The van der Waals surface area contributed by atoms with E-state index in [4.69, 9.17) is 5.11 Å². The summed E-state index contributed by atoms with van der Waals surface area (Å²) in [6.07, 6.45) is 0.723. The van der Waals surface area contributed by atoms with Gasteiger partial charge in [0.1, 0.15) is 0 Å². The van der Waals surface area contributed by atoms with Crippen molar-refractivity contribution < 1.29 is 9.90 Å². The topological polar surface area (TPSA) is 40.5 Å². The van der Waals surface area contributed by atoms with Crippen LogP contribution in [0.4, 0.5) is 5.69 Å². The number of ketones is 1. The molecule has 2 rings (SSSR count). The second kappa shape index (κ2) is 4.03. The van der Waals surface area contributed by atoms with Crippen LogP contribution >= 0.6 is 0 Å². The third-order valence-electron chi connectivity index (χ3n) is 2.98. The van der Waals surface area contributed by atoms with Crippen LogP contribution < -0.4 is 4.90 Å². The predicted octanol–water partition coefficient (Wildman–Crippen LogP) is 1.32. The zero-order chi connectivity index (χ0) is 10.8. The van der Waals surface area contributed by atoms with E-state index < -0.39 is 0 Å². The highest BCUT2D eigenvalue weighted by Crippen LogP contribution is 2.27. The number of para-hydroxylation sites is 1. The van der Waals surface area contributed by atoms with Crippen molar-refractivity contribution >= 4 is 11.5 Å². The van der Waals surface area contributed by atoms with Crippen LogP contribution in [0.15, 0.2) is 24.3 Å². The minimum Gasteiger partial charge on any atom is -0.396 e. The normalized spacial score (nSPS) is 21.1. The van der Waals surface area contributed by atoms with Crippen molar-refractivity contribution in [1.29, 1.82) is 0 Å². The maximum atomic E-state index is 12.0. The first-order valence-corrected chi connectivity index (χ1v) is 5.19. The van der Waals surface area contributed by atoms with Gasteiger partial charge in [0, 0.05) is 30.8 Å². The van der Waals surface area contributed by atoms with Crippen molar-refractivity contribution in [3.63, 3.8) is 0 Å². The van der Waals surface area contributed by atoms with Gasteiger partial charge < -0.3 is 10.0 Å². The molecule has 1 aliphatic heterocycles. The number of rotatable bonds is 1. The second-order valence-corrected chi connectivity index (χ2v) is 3.97. The van der Waals surface area contributed by atoms with Gasteiger partial charge in [-0.3, -0.25) is 4.79 Å². The van der Waals surface area contributed by atoms with Gasteiger partial charge in [0.25, 0.3) is 0 Å². The number of anilines is 1. The molecule has 3 nitrogen and oxygen atoms in total. The van der Waals surface area contributed by atoms with Gasteiger partial charge in [0.2, 0.25) is 0 Å². The average molecular weight is 205 g/mol. The van der Waals surface area contributed by atoms with Crippen LogP contribution in [-0.2, 0) is 0 Å². The first-order chi connectivity index (χ1) is 7.24. The molecule has 0 bridgehead atoms. The second-order valence-electron chi connectivity index (χ2n) is 3.97. The summed E-state index contributed by atoms with van der Waals surface area (Å²) in [4.78, 5) is 14.1. The van der Waals surface area contributed by atoms with E-state index in [1.54, 1.807) is 0 Å². The Morgan fingerprint density at radius 2 is 2.20 bits per heavy atom. The number of carbonyl (C=O) groups is 1. The molecule has 1 aliphatic rings. The summed E-state index contributed by atoms with van der Waals surface area (Å²) >= 11 is 0. The number of hydrogen-bond acceptors (Lipinski definition) is 3. The molecule has 1 atom stereocenters. The lowest BCUT2D eigenvalue weighted by Gasteiger charge is -2.18. The predicted molar refractivity (Wildman–Crippen MR) is 59.2 cm³/mol. The Hall–Kier alpha value is -1.35. The van der Waals surface area contributed by atoms with Gasteiger partial charge in [-0.2, -0.15) is 0 Å². The summed E-state index contributed by atoms with van der Waals surface area (Å²) in [7, 11) is 1.98. The lowest BCUT2D eigenvalue weighted by Crippen LogP contribution is -2.20. The number of aliphatic hydroxyl groups is 1. The number of Topliss-reactive ketones (excluding diaryl/α,β-unsaturated/α-hetero) is 1. The van der Waals surface area contributed by atoms with Gasteiger partial charge in [0.15, 0.2) is 5.78 Å². The fraction of sp³-hybridized carbons (Fsp3) is 0.417. The number of benzene rings is 1. The first-order valence-electron chi connectivity index (χ1n) is 5.19. The Morgan fingerprint density at radius 3 is 2.93 bits per heavy atom. The van der Waals surface area contributed by atoms with E-state index in [9.17, 15) is 4.79 Å². The van der Waals surface area contributed by atoms with E-state index in [0.717, 1.165) is 24.2 Å². The molecule has 1 heterocycles. The van der Waals surface area contributed by atoms with E-state index in [0.29, 0.717) is 0 Å². The molecule has 0 aliphatic carbocycles. The summed E-state index contributed by atoms with van der Waals surface area (Å²) in [6, 6.07) is 7.58. The molecule has 0 amide bonds. The molecule has 0 saturated carbocycles. The van der Waals surface area contributed by atoms with E-state index in [1.165, 1.54) is 0 Å². The van der Waals surface area contributed by atoms with Crippen LogP contribution in [0.5, 0.6) is 0 Å². The quantitative estimate of drug-likeness (QED) is 0.751. The zero-order valence-electron chi connectivity index (χ0n) is 8.81. The Labute approximate surface area is 89.3 Å². The number of aliphatic hydroxyl groups excluding tert-OH is 1. The Kier molecular flexibility index (Phi) is 2.73. The van der Waals surface area contributed by atoms with E-state index >= 15 is 0 Å². The lowest BCUT2D eigenvalue weighted by atomic mass is 9.96. The minimum atomic E-state index is -0.240. The van der Waals surface area contributed by atoms with Gasteiger partial charge in [-0.15, -0.1) is 0 Å². The third kappa shape index (κ3) is 1.75. The molecule has 1 N–H and O–H groups in total. The molecular weight excluding hydrogens is 190 g/mol. The SMILES string of the molecule is CN1CCC(CO)C(=O)c2ccccc21. The van der Waals surface area contributed by atoms with Crippen LogP contribution in [0.25, 0.3) is 0 Å². The number of fused-ring (bicyclic) bond motifs is 1. The fourth-order valence-corrected chi connectivity index (χ4v) is 2.01. The molecular formula is C12H15NO2. The van der Waals surface area contributed by atoms with Gasteiger partial charge >= 0.3 is 0 Å². The highest BCUT2D eigenvalue weighted by atomic mass is 16.3. The molecule has 3 heteroatoms. The number of nitrogens with zero attached hydrogens (tertiary/aromatic N) is 1. The Morgan fingerprint density at radius 1 is 1.47 bits per heavy atom. The highest BCUT2D eigenvalue weighted by Gasteiger charge is 2.26. The first kappa shape index (κ1) is 10.2. The van der Waals surface area contributed by atoms with E-state index in [-0.39, 0.29) is 18.3 Å². The lowest BCUT2D eigenvalue weighted by molar-refractivity contribution is 0.0858. The fourth-order valence-electron chi connectivity index (χ4n) is 2.01. The summed E-state index contributed by atoms with van der Waals surface area (Å²) in [5, 5.41) is 9.16. The Bertz CT molecular complexity index is 376. The van der Waals surface area contributed by atoms with Gasteiger partial charge in [-0.05, 0) is 18.6 Å². The smallest absolute Gasteiger partial charge is 0.170 e. The van der Waals surface area contributed by atoms with Crippen LogP contribution in [0, 0.1) is 5.92 Å². The molecule has 0 spiro atoms. The average Bonchev–Trinajstić information content (AvgIpc) is 2.39. The largest absolute Gasteiger partial charge is 0.396 e. The molecule has 1 unspecified atom stereocenters. The van der Waals surface area contributed by atoms with Crippen molar-refractivity contribution in [2.75, 3.05) is 25.1 Å². The van der Waals surface area contributed by atoms with Crippen molar-refractivity contribution in [2.45, 2.75) is 6.42 Å². The third-order valence-corrected chi connectivity index (χ3v) is 2.98. The van der Waals surface area contributed by atoms with Crippen LogP contribution in [0.3, 0.4) is 0 Å². The number of hydrogen-bond donors (Lipinski definition) is 1. The summed E-state index contributed by atoms with van der Waals surface area (Å²) in [5.74, 6) is -0.173. The molecule has 0 radical (unpaired) electrons. The zero-order valence-corrected chi connectivity index (χ0v) is 8.81. The van der Waals surface area contributed by atoms with E-state index in [1.807, 2.05) is 31.3 Å². The van der Waals surface area contributed by atoms with Crippen LogP contribution in [-0.4, -0.2) is 31.1 Å². The number of carbonyl (C=O) groups excluding carboxylic acids is 1. The maximum Gasteiger partial charge on any atom is 0.170 e. The summed E-state index contributed by atoms with van der Waals surface area (Å²) < 4.78 is 0. The van der Waals surface area contributed by atoms with Crippen molar-refractivity contribution in [3.8, 4) is 0 Å². The summed E-state index contributed by atoms with van der Waals surface area (Å²) in [5.41, 5.74) is 1.70. The van der Waals surface area contributed by atoms with Gasteiger partial charge in [-0.25, -0.2) is 0 Å². The molecule has 0 saturated heterocycles. The van der Waals surface area contributed by atoms with Crippen molar-refractivity contribution in [3.05, 3.63) is 29.8 Å². The van der Waals surface area contributed by atoms with E-state index in [2.05, 4.69) is 4.90 Å².